The van der Waals surface area contributed by atoms with Crippen molar-refractivity contribution in [3.63, 3.8) is 0 Å². The molecule has 8 aromatic carbocycles. The second-order valence-corrected chi connectivity index (χ2v) is 22.7. The summed E-state index contributed by atoms with van der Waals surface area (Å²) in [5, 5.41) is 8.07. The highest BCUT2D eigenvalue weighted by atomic mass is 31.2. The van der Waals surface area contributed by atoms with Gasteiger partial charge in [0.2, 0.25) is 0 Å². The molecule has 1 unspecified atom stereocenters. The largest absolute Gasteiger partial charge is 0.309 e. The van der Waals surface area contributed by atoms with Crippen molar-refractivity contribution in [1.29, 1.82) is 0 Å². The first-order valence-corrected chi connectivity index (χ1v) is 23.8. The van der Waals surface area contributed by atoms with Crippen LogP contribution in [-0.2, 0) is 9.98 Å². The van der Waals surface area contributed by atoms with Crippen molar-refractivity contribution in [3.05, 3.63) is 216 Å². The zero-order chi connectivity index (χ0) is 36.9. The summed E-state index contributed by atoms with van der Waals surface area (Å²) < 4.78 is 17.7. The van der Waals surface area contributed by atoms with Crippen LogP contribution in [0.25, 0.3) is 38.6 Å². The number of rotatable bonds is 4. The van der Waals surface area contributed by atoms with Crippen molar-refractivity contribution in [2.75, 3.05) is 0 Å². The van der Waals surface area contributed by atoms with Crippen molar-refractivity contribution < 1.29 is 4.57 Å². The molecule has 0 aliphatic carbocycles. The Hall–Kier alpha value is -5.99. The van der Waals surface area contributed by atoms with Gasteiger partial charge in [0.05, 0.1) is 22.1 Å². The molecule has 2 nitrogen and oxygen atoms in total. The summed E-state index contributed by atoms with van der Waals surface area (Å²) >= 11 is 0. The minimum Gasteiger partial charge on any atom is -0.309 e. The minimum atomic E-state index is -3.07. The fourth-order valence-corrected chi connectivity index (χ4v) is 15.9. The monoisotopic (exact) mass is 739 g/mol. The first kappa shape index (κ1) is 32.4. The van der Waals surface area contributed by atoms with Crippen LogP contribution in [0.2, 0.25) is 13.1 Å². The molecule has 0 saturated heterocycles. The van der Waals surface area contributed by atoms with Crippen LogP contribution in [0.15, 0.2) is 194 Å². The molecule has 1 spiro atoms. The Balaban J connectivity index is 1.15. The van der Waals surface area contributed by atoms with Gasteiger partial charge in [0.15, 0.2) is 7.14 Å². The number of nitrogens with zero attached hydrogens (tertiary/aromatic N) is 1. The van der Waals surface area contributed by atoms with Crippen molar-refractivity contribution in [2.24, 2.45) is 0 Å². The molecule has 1 aromatic heterocycles. The minimum absolute atomic E-state index is 0.491. The summed E-state index contributed by atoms with van der Waals surface area (Å²) in [7, 11) is -5.29. The normalized spacial score (nSPS) is 16.5. The maximum absolute atomic E-state index is 15.2. The van der Waals surface area contributed by atoms with Crippen LogP contribution >= 0.6 is 7.14 Å². The first-order chi connectivity index (χ1) is 26.9. The molecule has 0 fully saturated rings. The van der Waals surface area contributed by atoms with Gasteiger partial charge in [0.25, 0.3) is 0 Å². The van der Waals surface area contributed by atoms with Crippen molar-refractivity contribution in [2.45, 2.75) is 18.5 Å². The van der Waals surface area contributed by atoms with Gasteiger partial charge < -0.3 is 9.13 Å². The molecule has 1 atom stereocenters. The van der Waals surface area contributed by atoms with E-state index in [1.54, 1.807) is 0 Å². The fraction of sp³-hybridized carbons (Fsp3) is 0.0588. The molecule has 11 rings (SSSR count). The number of fused-ring (bicyclic) bond motifs is 11. The smallest absolute Gasteiger partial charge is 0.171 e. The third-order valence-electron chi connectivity index (χ3n) is 12.6. The van der Waals surface area contributed by atoms with Crippen LogP contribution in [0.4, 0.5) is 0 Å². The first-order valence-electron chi connectivity index (χ1n) is 19.1. The molecular weight excluding hydrogens is 702 g/mol. The van der Waals surface area contributed by atoms with Gasteiger partial charge in [0, 0.05) is 26.7 Å². The number of hydrogen-bond acceptors (Lipinski definition) is 1. The van der Waals surface area contributed by atoms with Gasteiger partial charge in [-0.15, -0.1) is 0 Å². The number of para-hydroxylation sites is 3. The van der Waals surface area contributed by atoms with Crippen molar-refractivity contribution in [3.8, 4) is 16.8 Å². The lowest BCUT2D eigenvalue weighted by atomic mass is 9.62. The maximum atomic E-state index is 15.2. The summed E-state index contributed by atoms with van der Waals surface area (Å²) in [5.41, 5.74) is 11.1. The third-order valence-corrected chi connectivity index (χ3v) is 19.2. The van der Waals surface area contributed by atoms with E-state index < -0.39 is 20.6 Å². The number of hydrogen-bond donors (Lipinski definition) is 0. The van der Waals surface area contributed by atoms with E-state index in [2.05, 4.69) is 151 Å². The summed E-state index contributed by atoms with van der Waals surface area (Å²) in [6, 6.07) is 69.9. The lowest BCUT2D eigenvalue weighted by Crippen LogP contribution is -2.63. The maximum Gasteiger partial charge on any atom is 0.171 e. The highest BCUT2D eigenvalue weighted by molar-refractivity contribution is 7.85. The van der Waals surface area contributed by atoms with Gasteiger partial charge in [-0.3, -0.25) is 0 Å². The van der Waals surface area contributed by atoms with E-state index in [0.717, 1.165) is 21.5 Å². The molecule has 0 N–H and O–H groups in total. The molecule has 2 aliphatic heterocycles. The molecule has 262 valence electrons. The SMILES string of the molecule is C[Si]1(C)c2ccccc2C2(c3ccccc3-n3c4ccccc4c4cccc2c43)c2ccc(-c3ccc(P(=O)(c4ccccc4)c4ccccc4)cc3)cc21. The summed E-state index contributed by atoms with van der Waals surface area (Å²) in [4.78, 5) is 0. The molecule has 0 bridgehead atoms. The van der Waals surface area contributed by atoms with Crippen molar-refractivity contribution >= 4 is 63.3 Å². The average molecular weight is 740 g/mol. The highest BCUT2D eigenvalue weighted by Crippen LogP contribution is 2.55. The lowest BCUT2D eigenvalue weighted by Gasteiger charge is -2.49. The fourth-order valence-electron chi connectivity index (χ4n) is 10.1. The average Bonchev–Trinajstić information content (AvgIpc) is 3.59. The summed E-state index contributed by atoms with van der Waals surface area (Å²) in [5.74, 6) is 0. The summed E-state index contributed by atoms with van der Waals surface area (Å²) in [6.07, 6.45) is 0. The van der Waals surface area contributed by atoms with Gasteiger partial charge in [0.1, 0.15) is 8.07 Å². The molecule has 55 heavy (non-hydrogen) atoms. The van der Waals surface area contributed by atoms with Crippen LogP contribution in [-0.4, -0.2) is 12.6 Å². The van der Waals surface area contributed by atoms with Crippen LogP contribution in [0.5, 0.6) is 0 Å². The van der Waals surface area contributed by atoms with Crippen LogP contribution in [0, 0.1) is 0 Å². The number of aromatic nitrogens is 1. The Labute approximate surface area is 322 Å². The van der Waals surface area contributed by atoms with E-state index in [0.29, 0.717) is 0 Å². The van der Waals surface area contributed by atoms with E-state index in [9.17, 15) is 0 Å². The Kier molecular flexibility index (Phi) is 6.93. The van der Waals surface area contributed by atoms with Gasteiger partial charge in [-0.25, -0.2) is 0 Å². The molecule has 0 saturated carbocycles. The van der Waals surface area contributed by atoms with Crippen molar-refractivity contribution in [1.82, 2.24) is 4.57 Å². The zero-order valence-electron chi connectivity index (χ0n) is 30.8. The van der Waals surface area contributed by atoms with Crippen LogP contribution in [0.3, 0.4) is 0 Å². The predicted octanol–water partition coefficient (Wildman–Crippen LogP) is 9.92. The molecular formula is C51H38NOPSi. The second-order valence-electron chi connectivity index (χ2n) is 15.6. The molecule has 0 amide bonds. The van der Waals surface area contributed by atoms with E-state index >= 15 is 4.57 Å². The molecule has 9 aromatic rings. The molecule has 0 radical (unpaired) electrons. The van der Waals surface area contributed by atoms with E-state index in [-0.39, 0.29) is 0 Å². The van der Waals surface area contributed by atoms with Gasteiger partial charge in [-0.2, -0.15) is 0 Å². The Morgan fingerprint density at radius 3 is 1.75 bits per heavy atom. The van der Waals surface area contributed by atoms with E-state index in [4.69, 9.17) is 0 Å². The zero-order valence-corrected chi connectivity index (χ0v) is 32.7. The summed E-state index contributed by atoms with van der Waals surface area (Å²) in [6.45, 7) is 5.04. The second kappa shape index (κ2) is 11.8. The van der Waals surface area contributed by atoms with Gasteiger partial charge >= 0.3 is 0 Å². The number of benzene rings is 8. The van der Waals surface area contributed by atoms with Gasteiger partial charge in [-0.05, 0) is 55.9 Å². The molecule has 3 heterocycles. The highest BCUT2D eigenvalue weighted by Gasteiger charge is 2.53. The quantitative estimate of drug-likeness (QED) is 0.130. The van der Waals surface area contributed by atoms with Gasteiger partial charge in [-0.1, -0.05) is 195 Å². The molecule has 2 aliphatic rings. The van der Waals surface area contributed by atoms with Crippen LogP contribution in [0.1, 0.15) is 22.3 Å². The lowest BCUT2D eigenvalue weighted by molar-refractivity contribution is 0.592. The topological polar surface area (TPSA) is 22.0 Å². The molecule has 4 heteroatoms. The van der Waals surface area contributed by atoms with Crippen LogP contribution < -0.4 is 26.3 Å². The Morgan fingerprint density at radius 2 is 1.00 bits per heavy atom. The Morgan fingerprint density at radius 1 is 0.455 bits per heavy atom. The standard InChI is InChI=1S/C51H38NOPSi/c1-55(2)48-27-14-11-23-43(48)51(42-22-10-13-26-47(42)52-46-25-12-9-20-40(46)41-21-15-24-45(51)50(41)52)44-33-30-36(34-49(44)55)35-28-31-39(32-29-35)54(53,37-16-5-3-6-17-37)38-18-7-4-8-19-38/h3-34H,1-2H3. The van der Waals surface area contributed by atoms with E-state index in [1.807, 2.05) is 60.7 Å². The Bertz CT molecular complexity index is 2990. The predicted molar refractivity (Wildman–Crippen MR) is 234 cm³/mol. The third kappa shape index (κ3) is 4.28. The van der Waals surface area contributed by atoms with E-state index in [1.165, 1.54) is 65.7 Å².